The normalized spacial score (nSPS) is 14.2. The number of nitrogens with zero attached hydrogens (tertiary/aromatic N) is 1. The number of urea groups is 1. The van der Waals surface area contributed by atoms with E-state index in [1.54, 1.807) is 24.3 Å². The van der Waals surface area contributed by atoms with Gasteiger partial charge in [-0.2, -0.15) is 0 Å². The summed E-state index contributed by atoms with van der Waals surface area (Å²) in [6.45, 7) is 2.70. The third kappa shape index (κ3) is 6.01. The monoisotopic (exact) mass is 568 g/mol. The Bertz CT molecular complexity index is 1850. The number of rotatable bonds is 8. The molecule has 212 valence electrons. The highest BCUT2D eigenvalue weighted by Crippen LogP contribution is 2.32. The van der Waals surface area contributed by atoms with Crippen molar-refractivity contribution < 1.29 is 23.9 Å². The molecule has 7 nitrogen and oxygen atoms in total. The van der Waals surface area contributed by atoms with E-state index in [9.17, 15) is 14.4 Å². The van der Waals surface area contributed by atoms with Crippen LogP contribution in [-0.2, 0) is 22.8 Å². The second-order valence-electron chi connectivity index (χ2n) is 10.2. The summed E-state index contributed by atoms with van der Waals surface area (Å²) >= 11 is 0. The van der Waals surface area contributed by atoms with Gasteiger partial charge in [-0.1, -0.05) is 90.5 Å². The first kappa shape index (κ1) is 27.5. The van der Waals surface area contributed by atoms with Crippen LogP contribution in [0.15, 0.2) is 121 Å². The van der Waals surface area contributed by atoms with Gasteiger partial charge in [-0.15, -0.1) is 0 Å². The molecule has 0 unspecified atom stereocenters. The Morgan fingerprint density at radius 3 is 2.14 bits per heavy atom. The van der Waals surface area contributed by atoms with Crippen LogP contribution in [-0.4, -0.2) is 17.8 Å². The quantitative estimate of drug-likeness (QED) is 0.161. The average Bonchev–Trinajstić information content (AvgIpc) is 3.03. The number of fused-ring (bicyclic) bond motifs is 1. The topological polar surface area (TPSA) is 84.9 Å². The number of barbiturate groups is 1. The maximum absolute atomic E-state index is 13.7. The van der Waals surface area contributed by atoms with Crippen molar-refractivity contribution in [1.29, 1.82) is 0 Å². The average molecular weight is 569 g/mol. The van der Waals surface area contributed by atoms with Gasteiger partial charge in [0.25, 0.3) is 11.8 Å². The number of aryl methyl sites for hydroxylation is 1. The highest BCUT2D eigenvalue weighted by Gasteiger charge is 2.37. The van der Waals surface area contributed by atoms with Gasteiger partial charge in [0.2, 0.25) is 0 Å². The molecular formula is C36H28N2O5. The van der Waals surface area contributed by atoms with Crippen LogP contribution >= 0.6 is 0 Å². The van der Waals surface area contributed by atoms with Crippen molar-refractivity contribution in [2.75, 3.05) is 4.90 Å². The summed E-state index contributed by atoms with van der Waals surface area (Å²) in [5, 5.41) is 4.03. The van der Waals surface area contributed by atoms with Crippen molar-refractivity contribution in [2.24, 2.45) is 0 Å². The minimum absolute atomic E-state index is 0.180. The standard InChI is InChI=1S/C36H28N2O5/c1-24-11-13-26(14-12-24)23-43-33-20-15-27-9-5-6-10-30(27)31(33)21-32-34(39)37-36(41)38(35(32)40)28-16-18-29(19-17-28)42-22-25-7-3-2-4-8-25/h2-21H,22-23H2,1H3,(H,37,39,41)/b32-21+. The molecule has 5 aromatic rings. The molecule has 6 rings (SSSR count). The van der Waals surface area contributed by atoms with Crippen LogP contribution in [0.5, 0.6) is 11.5 Å². The lowest BCUT2D eigenvalue weighted by Crippen LogP contribution is -2.54. The molecule has 1 saturated heterocycles. The minimum Gasteiger partial charge on any atom is -0.489 e. The SMILES string of the molecule is Cc1ccc(COc2ccc3ccccc3c2/C=C2\C(=O)NC(=O)N(c3ccc(OCc4ccccc4)cc3)C2=O)cc1. The van der Waals surface area contributed by atoms with Gasteiger partial charge in [-0.3, -0.25) is 14.9 Å². The summed E-state index contributed by atoms with van der Waals surface area (Å²) < 4.78 is 12.0. The Morgan fingerprint density at radius 1 is 0.698 bits per heavy atom. The molecule has 4 amide bonds. The van der Waals surface area contributed by atoms with Crippen molar-refractivity contribution in [3.05, 3.63) is 143 Å². The number of benzene rings is 5. The van der Waals surface area contributed by atoms with Gasteiger partial charge in [0.1, 0.15) is 30.3 Å². The molecule has 0 atom stereocenters. The van der Waals surface area contributed by atoms with E-state index in [0.29, 0.717) is 36.0 Å². The smallest absolute Gasteiger partial charge is 0.335 e. The summed E-state index contributed by atoms with van der Waals surface area (Å²) in [7, 11) is 0. The van der Waals surface area contributed by atoms with Crippen molar-refractivity contribution in [1.82, 2.24) is 5.32 Å². The maximum Gasteiger partial charge on any atom is 0.335 e. The first-order valence-corrected chi connectivity index (χ1v) is 13.8. The fourth-order valence-electron chi connectivity index (χ4n) is 4.86. The highest BCUT2D eigenvalue weighted by molar-refractivity contribution is 6.39. The number of ether oxygens (including phenoxy) is 2. The molecule has 1 fully saturated rings. The third-order valence-corrected chi connectivity index (χ3v) is 7.18. The van der Waals surface area contributed by atoms with Crippen molar-refractivity contribution in [3.8, 4) is 11.5 Å². The number of imide groups is 2. The van der Waals surface area contributed by atoms with Gasteiger partial charge >= 0.3 is 6.03 Å². The van der Waals surface area contributed by atoms with Crippen molar-refractivity contribution in [3.63, 3.8) is 0 Å². The maximum atomic E-state index is 13.7. The fourth-order valence-corrected chi connectivity index (χ4v) is 4.86. The molecule has 1 aliphatic rings. The Kier molecular flexibility index (Phi) is 7.70. The minimum atomic E-state index is -0.820. The summed E-state index contributed by atoms with van der Waals surface area (Å²) in [5.74, 6) is -0.415. The van der Waals surface area contributed by atoms with Gasteiger partial charge in [0.15, 0.2) is 0 Å². The fraction of sp³-hybridized carbons (Fsp3) is 0.0833. The predicted octanol–water partition coefficient (Wildman–Crippen LogP) is 6.97. The van der Waals surface area contributed by atoms with Crippen LogP contribution < -0.4 is 19.7 Å². The number of nitrogens with one attached hydrogen (secondary N) is 1. The second kappa shape index (κ2) is 12.0. The van der Waals surface area contributed by atoms with Crippen LogP contribution in [0.3, 0.4) is 0 Å². The molecule has 0 bridgehead atoms. The van der Waals surface area contributed by atoms with Gasteiger partial charge in [0, 0.05) is 5.56 Å². The van der Waals surface area contributed by atoms with Crippen molar-refractivity contribution in [2.45, 2.75) is 20.1 Å². The van der Waals surface area contributed by atoms with E-state index in [-0.39, 0.29) is 5.57 Å². The second-order valence-corrected chi connectivity index (χ2v) is 10.2. The van der Waals surface area contributed by atoms with Crippen LogP contribution in [0.2, 0.25) is 0 Å². The molecule has 0 aromatic heterocycles. The lowest BCUT2D eigenvalue weighted by Gasteiger charge is -2.26. The number of carbonyl (C=O) groups excluding carboxylic acids is 3. The van der Waals surface area contributed by atoms with E-state index in [1.807, 2.05) is 97.9 Å². The highest BCUT2D eigenvalue weighted by atomic mass is 16.5. The first-order chi connectivity index (χ1) is 21.0. The van der Waals surface area contributed by atoms with E-state index in [0.717, 1.165) is 32.4 Å². The molecule has 1 heterocycles. The van der Waals surface area contributed by atoms with Crippen LogP contribution in [0.25, 0.3) is 16.8 Å². The molecule has 1 aliphatic heterocycles. The van der Waals surface area contributed by atoms with Crippen LogP contribution in [0.1, 0.15) is 22.3 Å². The molecule has 43 heavy (non-hydrogen) atoms. The summed E-state index contributed by atoms with van der Waals surface area (Å²) in [6, 6.07) is 34.9. The lowest BCUT2D eigenvalue weighted by atomic mass is 9.99. The van der Waals surface area contributed by atoms with Gasteiger partial charge < -0.3 is 9.47 Å². The van der Waals surface area contributed by atoms with E-state index >= 15 is 0 Å². The Hall–Kier alpha value is -5.69. The predicted molar refractivity (Wildman–Crippen MR) is 166 cm³/mol. The van der Waals surface area contributed by atoms with Crippen LogP contribution in [0, 0.1) is 6.92 Å². The summed E-state index contributed by atoms with van der Waals surface area (Å²) in [6.07, 6.45) is 1.50. The zero-order valence-electron chi connectivity index (χ0n) is 23.4. The van der Waals surface area contributed by atoms with Crippen molar-refractivity contribution >= 4 is 40.4 Å². The molecule has 7 heteroatoms. The van der Waals surface area contributed by atoms with E-state index < -0.39 is 17.8 Å². The van der Waals surface area contributed by atoms with Gasteiger partial charge in [-0.05, 0) is 65.2 Å². The van der Waals surface area contributed by atoms with E-state index in [1.165, 1.54) is 6.08 Å². The first-order valence-electron chi connectivity index (χ1n) is 13.8. The third-order valence-electron chi connectivity index (χ3n) is 7.18. The summed E-state index contributed by atoms with van der Waals surface area (Å²) in [4.78, 5) is 40.5. The van der Waals surface area contributed by atoms with Crippen LogP contribution in [0.4, 0.5) is 10.5 Å². The Balaban J connectivity index is 1.30. The number of hydrogen-bond acceptors (Lipinski definition) is 5. The lowest BCUT2D eigenvalue weighted by molar-refractivity contribution is -0.122. The molecule has 1 N–H and O–H groups in total. The number of carbonyl (C=O) groups is 3. The summed E-state index contributed by atoms with van der Waals surface area (Å²) in [5.41, 5.74) is 3.85. The number of hydrogen-bond donors (Lipinski definition) is 1. The Labute approximate surface area is 249 Å². The number of anilines is 1. The van der Waals surface area contributed by atoms with Gasteiger partial charge in [-0.25, -0.2) is 9.69 Å². The van der Waals surface area contributed by atoms with Gasteiger partial charge in [0.05, 0.1) is 5.69 Å². The Morgan fingerprint density at radius 2 is 1.37 bits per heavy atom. The molecule has 0 radical (unpaired) electrons. The molecule has 5 aromatic carbocycles. The zero-order chi connectivity index (χ0) is 29.8. The zero-order valence-corrected chi connectivity index (χ0v) is 23.4. The molecule has 0 aliphatic carbocycles. The molecule has 0 spiro atoms. The molecular weight excluding hydrogens is 540 g/mol. The number of amides is 4. The van der Waals surface area contributed by atoms with E-state index in [4.69, 9.17) is 9.47 Å². The van der Waals surface area contributed by atoms with E-state index in [2.05, 4.69) is 5.32 Å². The largest absolute Gasteiger partial charge is 0.489 e. The molecule has 0 saturated carbocycles.